The van der Waals surface area contributed by atoms with Crippen LogP contribution in [0.2, 0.25) is 0 Å². The third-order valence-corrected chi connectivity index (χ3v) is 4.48. The first-order valence-electron chi connectivity index (χ1n) is 5.40. The zero-order valence-electron chi connectivity index (χ0n) is 10.2. The molecule has 6 heteroatoms. The molecule has 1 aromatic heterocycles. The predicted octanol–water partition coefficient (Wildman–Crippen LogP) is 2.60. The Hall–Kier alpha value is -1.84. The topological polar surface area (TPSA) is 67.2 Å². The maximum absolute atomic E-state index is 11.6. The van der Waals surface area contributed by atoms with E-state index >= 15 is 0 Å². The predicted molar refractivity (Wildman–Crippen MR) is 72.9 cm³/mol. The molecule has 0 saturated carbocycles. The third-order valence-electron chi connectivity index (χ3n) is 2.49. The maximum atomic E-state index is 11.6. The van der Waals surface area contributed by atoms with Crippen LogP contribution in [0.25, 0.3) is 0 Å². The summed E-state index contributed by atoms with van der Waals surface area (Å²) in [6, 6.07) is 10.4. The second-order valence-electron chi connectivity index (χ2n) is 3.89. The maximum Gasteiger partial charge on any atom is 0.175 e. The molecule has 0 spiro atoms. The quantitative estimate of drug-likeness (QED) is 0.869. The highest BCUT2D eigenvalue weighted by molar-refractivity contribution is 7.90. The molecule has 4 nitrogen and oxygen atoms in total. The largest absolute Gasteiger partial charge is 0.487 e. The summed E-state index contributed by atoms with van der Waals surface area (Å²) in [6.45, 7) is 0.120. The van der Waals surface area contributed by atoms with Crippen molar-refractivity contribution in [3.63, 3.8) is 0 Å². The van der Waals surface area contributed by atoms with Crippen molar-refractivity contribution in [2.75, 3.05) is 6.26 Å². The van der Waals surface area contributed by atoms with Crippen molar-refractivity contribution >= 4 is 21.2 Å². The van der Waals surface area contributed by atoms with Gasteiger partial charge < -0.3 is 4.74 Å². The lowest BCUT2D eigenvalue weighted by molar-refractivity contribution is 0.303. The average Bonchev–Trinajstić information content (AvgIpc) is 2.83. The lowest BCUT2D eigenvalue weighted by Crippen LogP contribution is -2.05. The molecule has 0 aliphatic heterocycles. The van der Waals surface area contributed by atoms with Crippen LogP contribution in [0, 0.1) is 11.3 Å². The normalized spacial score (nSPS) is 10.9. The molecule has 2 aromatic rings. The highest BCUT2D eigenvalue weighted by Gasteiger charge is 2.13. The Kier molecular flexibility index (Phi) is 3.88. The Bertz CT molecular complexity index is 726. The second kappa shape index (κ2) is 5.43. The number of hydrogen-bond acceptors (Lipinski definition) is 5. The first-order chi connectivity index (χ1) is 9.02. The molecule has 0 unspecified atom stereocenters. The average molecular weight is 293 g/mol. The molecule has 0 bridgehead atoms. The van der Waals surface area contributed by atoms with Crippen LogP contribution in [0.15, 0.2) is 40.6 Å². The second-order valence-corrected chi connectivity index (χ2v) is 6.79. The Labute approximate surface area is 115 Å². The summed E-state index contributed by atoms with van der Waals surface area (Å²) in [7, 11) is -3.28. The molecular weight excluding hydrogens is 282 g/mol. The molecule has 0 amide bonds. The van der Waals surface area contributed by atoms with Crippen LogP contribution in [0.5, 0.6) is 5.75 Å². The third kappa shape index (κ3) is 3.13. The minimum Gasteiger partial charge on any atom is -0.487 e. The van der Waals surface area contributed by atoms with Gasteiger partial charge in [-0.1, -0.05) is 18.2 Å². The van der Waals surface area contributed by atoms with Crippen molar-refractivity contribution in [2.24, 2.45) is 0 Å². The van der Waals surface area contributed by atoms with Gasteiger partial charge in [-0.2, -0.15) is 5.26 Å². The smallest absolute Gasteiger partial charge is 0.175 e. The fourth-order valence-electron chi connectivity index (χ4n) is 1.63. The summed E-state index contributed by atoms with van der Waals surface area (Å²) >= 11 is 1.29. The minimum atomic E-state index is -3.28. The van der Waals surface area contributed by atoms with Crippen molar-refractivity contribution in [1.29, 1.82) is 5.26 Å². The molecule has 0 aliphatic carbocycles. The molecular formula is C13H11NO3S2. The Morgan fingerprint density at radius 1 is 1.32 bits per heavy atom. The van der Waals surface area contributed by atoms with E-state index in [1.54, 1.807) is 35.7 Å². The van der Waals surface area contributed by atoms with E-state index in [1.807, 2.05) is 6.07 Å². The van der Waals surface area contributed by atoms with Gasteiger partial charge in [-0.25, -0.2) is 8.42 Å². The molecule has 0 atom stereocenters. The van der Waals surface area contributed by atoms with Gasteiger partial charge in [0.25, 0.3) is 0 Å². The molecule has 2 rings (SSSR count). The van der Waals surface area contributed by atoms with E-state index in [9.17, 15) is 8.42 Å². The number of hydrogen-bond donors (Lipinski definition) is 0. The Morgan fingerprint density at radius 2 is 2.05 bits per heavy atom. The minimum absolute atomic E-state index is 0.120. The summed E-state index contributed by atoms with van der Waals surface area (Å²) in [4.78, 5) is 0.737. The number of ether oxygens (including phenoxy) is 1. The van der Waals surface area contributed by atoms with Crippen LogP contribution in [0.3, 0.4) is 0 Å². The Morgan fingerprint density at radius 3 is 2.74 bits per heavy atom. The number of rotatable bonds is 4. The summed E-state index contributed by atoms with van der Waals surface area (Å²) in [5.74, 6) is 0.482. The van der Waals surface area contributed by atoms with Crippen molar-refractivity contribution in [3.05, 3.63) is 46.2 Å². The van der Waals surface area contributed by atoms with Crippen LogP contribution in [-0.4, -0.2) is 14.7 Å². The van der Waals surface area contributed by atoms with Gasteiger partial charge in [0.15, 0.2) is 9.84 Å². The fraction of sp³-hybridized carbons (Fsp3) is 0.154. The monoisotopic (exact) mass is 293 g/mol. The molecule has 98 valence electrons. The number of nitriles is 1. The van der Waals surface area contributed by atoms with Crippen LogP contribution in [-0.2, 0) is 16.4 Å². The molecule has 0 aliphatic rings. The van der Waals surface area contributed by atoms with Crippen molar-refractivity contribution < 1.29 is 13.2 Å². The van der Waals surface area contributed by atoms with E-state index in [4.69, 9.17) is 10.00 Å². The highest BCUT2D eigenvalue weighted by Crippen LogP contribution is 2.25. The van der Waals surface area contributed by atoms with Crippen molar-refractivity contribution in [3.8, 4) is 11.8 Å². The standard InChI is InChI=1S/C13H11NO3S2/c1-19(15,16)13-5-3-2-4-10(13)9-17-11-6-7-18-12(11)8-14/h2-7H,9H2,1H3. The van der Waals surface area contributed by atoms with E-state index in [0.717, 1.165) is 6.26 Å². The van der Waals surface area contributed by atoms with Gasteiger partial charge >= 0.3 is 0 Å². The lowest BCUT2D eigenvalue weighted by atomic mass is 10.2. The molecule has 19 heavy (non-hydrogen) atoms. The van der Waals surface area contributed by atoms with Crippen LogP contribution in [0.1, 0.15) is 10.4 Å². The Balaban J connectivity index is 2.24. The number of benzene rings is 1. The first kappa shape index (κ1) is 13.6. The summed E-state index contributed by atoms with van der Waals surface area (Å²) < 4.78 is 28.8. The van der Waals surface area contributed by atoms with Gasteiger partial charge in [-0.3, -0.25) is 0 Å². The molecule has 0 saturated heterocycles. The summed E-state index contributed by atoms with van der Waals surface area (Å²) in [6.07, 6.45) is 1.16. The van der Waals surface area contributed by atoms with Crippen LogP contribution >= 0.6 is 11.3 Å². The molecule has 1 heterocycles. The number of thiophene rings is 1. The van der Waals surface area contributed by atoms with Gasteiger partial charge in [0.05, 0.1) is 4.90 Å². The molecule has 0 N–H and O–H groups in total. The van der Waals surface area contributed by atoms with Gasteiger partial charge in [0, 0.05) is 11.8 Å². The first-order valence-corrected chi connectivity index (χ1v) is 8.18. The van der Waals surface area contributed by atoms with Crippen molar-refractivity contribution in [1.82, 2.24) is 0 Å². The summed E-state index contributed by atoms with van der Waals surface area (Å²) in [5.41, 5.74) is 0.583. The van der Waals surface area contributed by atoms with E-state index < -0.39 is 9.84 Å². The van der Waals surface area contributed by atoms with E-state index in [-0.39, 0.29) is 11.5 Å². The van der Waals surface area contributed by atoms with Gasteiger partial charge in [0.2, 0.25) is 0 Å². The van der Waals surface area contributed by atoms with Gasteiger partial charge in [-0.05, 0) is 17.5 Å². The SMILES string of the molecule is CS(=O)(=O)c1ccccc1COc1ccsc1C#N. The van der Waals surface area contributed by atoms with E-state index in [1.165, 1.54) is 11.3 Å². The fourth-order valence-corrected chi connectivity index (χ4v) is 3.19. The van der Waals surface area contributed by atoms with Gasteiger partial charge in [-0.15, -0.1) is 11.3 Å². The van der Waals surface area contributed by atoms with E-state index in [2.05, 4.69) is 0 Å². The highest BCUT2D eigenvalue weighted by atomic mass is 32.2. The lowest BCUT2D eigenvalue weighted by Gasteiger charge is -2.09. The number of nitrogens with zero attached hydrogens (tertiary/aromatic N) is 1. The zero-order chi connectivity index (χ0) is 13.9. The molecule has 0 fully saturated rings. The zero-order valence-corrected chi connectivity index (χ0v) is 11.8. The van der Waals surface area contributed by atoms with Crippen molar-refractivity contribution in [2.45, 2.75) is 11.5 Å². The van der Waals surface area contributed by atoms with E-state index in [0.29, 0.717) is 16.2 Å². The van der Waals surface area contributed by atoms with Crippen LogP contribution < -0.4 is 4.74 Å². The van der Waals surface area contributed by atoms with Gasteiger partial charge in [0.1, 0.15) is 23.3 Å². The number of sulfone groups is 1. The summed E-state index contributed by atoms with van der Waals surface area (Å²) in [5, 5.41) is 10.6. The molecule has 1 aromatic carbocycles. The van der Waals surface area contributed by atoms with Crippen LogP contribution in [0.4, 0.5) is 0 Å². The molecule has 0 radical (unpaired) electrons.